The number of benzene rings is 1. The van der Waals surface area contributed by atoms with Gasteiger partial charge in [0.05, 0.1) is 0 Å². The number of aromatic hydroxyl groups is 2. The van der Waals surface area contributed by atoms with Gasteiger partial charge in [0.25, 0.3) is 0 Å². The van der Waals surface area contributed by atoms with Gasteiger partial charge in [0.1, 0.15) is 0 Å². The fourth-order valence-electron chi connectivity index (χ4n) is 1.53. The van der Waals surface area contributed by atoms with E-state index in [1.807, 2.05) is 0 Å². The van der Waals surface area contributed by atoms with Crippen LogP contribution < -0.4 is 5.32 Å². The summed E-state index contributed by atoms with van der Waals surface area (Å²) in [6.07, 6.45) is 2.57. The number of phenols is 2. The molecule has 0 unspecified atom stereocenters. The van der Waals surface area contributed by atoms with Crippen molar-refractivity contribution in [2.45, 2.75) is 26.2 Å². The quantitative estimate of drug-likeness (QED) is 0.411. The molecule has 0 spiro atoms. The number of carbonyl (C=O) groups is 1. The molecule has 98 valence electrons. The molecule has 0 fully saturated rings. The van der Waals surface area contributed by atoms with Crippen LogP contribution in [0.4, 0.5) is 0 Å². The Morgan fingerprint density at radius 1 is 1.28 bits per heavy atom. The average molecular weight is 249 g/mol. The highest BCUT2D eigenvalue weighted by Crippen LogP contribution is 2.25. The number of aryl methyl sites for hydroxylation is 1. The number of unbranched alkanes of at least 4 members (excludes halogenated alkanes) is 1. The predicted octanol–water partition coefficient (Wildman–Crippen LogP) is 2.11. The molecule has 1 amide bonds. The van der Waals surface area contributed by atoms with Crippen molar-refractivity contribution in [3.8, 4) is 11.5 Å². The summed E-state index contributed by atoms with van der Waals surface area (Å²) in [5, 5.41) is 21.2. The smallest absolute Gasteiger partial charge is 0.246 e. The molecule has 0 aliphatic heterocycles. The van der Waals surface area contributed by atoms with Crippen molar-refractivity contribution in [2.24, 2.45) is 0 Å². The lowest BCUT2D eigenvalue weighted by molar-refractivity contribution is -0.117. The fraction of sp³-hybridized carbons (Fsp3) is 0.357. The van der Waals surface area contributed by atoms with E-state index < -0.39 is 0 Å². The van der Waals surface area contributed by atoms with E-state index in [0.717, 1.165) is 24.8 Å². The van der Waals surface area contributed by atoms with Gasteiger partial charge < -0.3 is 15.5 Å². The number of nitrogens with one attached hydrogen (secondary N) is 1. The van der Waals surface area contributed by atoms with Gasteiger partial charge in [0.2, 0.25) is 5.91 Å². The molecule has 0 atom stereocenters. The Bertz CT molecular complexity index is 441. The van der Waals surface area contributed by atoms with Crippen LogP contribution in [0.15, 0.2) is 30.4 Å². The van der Waals surface area contributed by atoms with E-state index in [1.165, 1.54) is 6.07 Å². The number of carbonyl (C=O) groups excluding carboxylic acids is 1. The zero-order chi connectivity index (χ0) is 13.5. The molecule has 0 aliphatic rings. The minimum Gasteiger partial charge on any atom is -0.504 e. The van der Waals surface area contributed by atoms with Crippen LogP contribution in [-0.4, -0.2) is 22.7 Å². The SMILES string of the molecule is C=C(C)C(=O)NCCCCc1ccc(O)c(O)c1. The van der Waals surface area contributed by atoms with E-state index >= 15 is 0 Å². The van der Waals surface area contributed by atoms with Crippen LogP contribution in [-0.2, 0) is 11.2 Å². The van der Waals surface area contributed by atoms with Crippen molar-refractivity contribution in [3.05, 3.63) is 35.9 Å². The molecule has 0 saturated carbocycles. The first-order valence-electron chi connectivity index (χ1n) is 5.95. The van der Waals surface area contributed by atoms with Crippen LogP contribution in [0.25, 0.3) is 0 Å². The van der Waals surface area contributed by atoms with Gasteiger partial charge in [-0.1, -0.05) is 12.6 Å². The van der Waals surface area contributed by atoms with Crippen molar-refractivity contribution in [1.82, 2.24) is 5.32 Å². The Labute approximate surface area is 107 Å². The summed E-state index contributed by atoms with van der Waals surface area (Å²) in [6.45, 7) is 5.85. The van der Waals surface area contributed by atoms with Gasteiger partial charge >= 0.3 is 0 Å². The summed E-state index contributed by atoms with van der Waals surface area (Å²) in [6, 6.07) is 4.82. The Morgan fingerprint density at radius 2 is 2.00 bits per heavy atom. The topological polar surface area (TPSA) is 69.6 Å². The lowest BCUT2D eigenvalue weighted by Crippen LogP contribution is -2.24. The molecule has 0 heterocycles. The van der Waals surface area contributed by atoms with Gasteiger partial charge in [-0.15, -0.1) is 0 Å². The van der Waals surface area contributed by atoms with E-state index in [1.54, 1.807) is 19.1 Å². The molecule has 0 saturated heterocycles. The van der Waals surface area contributed by atoms with Crippen LogP contribution in [0.5, 0.6) is 11.5 Å². The van der Waals surface area contributed by atoms with Gasteiger partial charge in [0, 0.05) is 12.1 Å². The van der Waals surface area contributed by atoms with Crippen LogP contribution >= 0.6 is 0 Å². The van der Waals surface area contributed by atoms with E-state index in [0.29, 0.717) is 12.1 Å². The number of hydrogen-bond acceptors (Lipinski definition) is 3. The van der Waals surface area contributed by atoms with Crippen molar-refractivity contribution < 1.29 is 15.0 Å². The Morgan fingerprint density at radius 3 is 2.61 bits per heavy atom. The predicted molar refractivity (Wildman–Crippen MR) is 70.5 cm³/mol. The van der Waals surface area contributed by atoms with Crippen molar-refractivity contribution in [1.29, 1.82) is 0 Å². The van der Waals surface area contributed by atoms with Gasteiger partial charge in [-0.3, -0.25) is 4.79 Å². The molecule has 1 aromatic carbocycles. The molecule has 1 rings (SSSR count). The van der Waals surface area contributed by atoms with Crippen LogP contribution in [0.2, 0.25) is 0 Å². The molecular weight excluding hydrogens is 230 g/mol. The summed E-state index contributed by atoms with van der Waals surface area (Å²) < 4.78 is 0. The minimum absolute atomic E-state index is 0.0944. The maximum Gasteiger partial charge on any atom is 0.246 e. The molecule has 18 heavy (non-hydrogen) atoms. The van der Waals surface area contributed by atoms with E-state index in [-0.39, 0.29) is 17.4 Å². The normalized spacial score (nSPS) is 10.1. The maximum absolute atomic E-state index is 11.2. The first-order chi connectivity index (χ1) is 8.50. The fourth-order valence-corrected chi connectivity index (χ4v) is 1.53. The van der Waals surface area contributed by atoms with Gasteiger partial charge in [-0.05, 0) is 43.9 Å². The second-order valence-corrected chi connectivity index (χ2v) is 4.32. The lowest BCUT2D eigenvalue weighted by Gasteiger charge is -2.05. The Hall–Kier alpha value is -1.97. The third kappa shape index (κ3) is 4.49. The molecule has 0 radical (unpaired) electrons. The minimum atomic E-state index is -0.114. The Balaban J connectivity index is 2.24. The van der Waals surface area contributed by atoms with E-state index in [9.17, 15) is 9.90 Å². The van der Waals surface area contributed by atoms with Crippen molar-refractivity contribution in [2.75, 3.05) is 6.54 Å². The molecule has 4 heteroatoms. The monoisotopic (exact) mass is 249 g/mol. The highest BCUT2D eigenvalue weighted by atomic mass is 16.3. The summed E-state index contributed by atoms with van der Waals surface area (Å²) >= 11 is 0. The second-order valence-electron chi connectivity index (χ2n) is 4.32. The largest absolute Gasteiger partial charge is 0.504 e. The number of phenolic OH excluding ortho intramolecular Hbond substituents is 2. The number of rotatable bonds is 6. The van der Waals surface area contributed by atoms with Crippen LogP contribution in [0.3, 0.4) is 0 Å². The second kappa shape index (κ2) is 6.69. The summed E-state index contributed by atoms with van der Waals surface area (Å²) in [5.74, 6) is -0.312. The summed E-state index contributed by atoms with van der Waals surface area (Å²) in [7, 11) is 0. The molecule has 1 aromatic rings. The van der Waals surface area contributed by atoms with E-state index in [2.05, 4.69) is 11.9 Å². The summed E-state index contributed by atoms with van der Waals surface area (Å²) in [5.41, 5.74) is 1.48. The average Bonchev–Trinajstić information content (AvgIpc) is 2.32. The molecule has 0 aromatic heterocycles. The molecule has 0 aliphatic carbocycles. The third-order valence-electron chi connectivity index (χ3n) is 2.61. The number of hydrogen-bond donors (Lipinski definition) is 3. The standard InChI is InChI=1S/C14H19NO3/c1-10(2)14(18)15-8-4-3-5-11-6-7-12(16)13(17)9-11/h6-7,9,16-17H,1,3-5,8H2,2H3,(H,15,18). The molecule has 3 N–H and O–H groups in total. The summed E-state index contributed by atoms with van der Waals surface area (Å²) in [4.78, 5) is 11.2. The first kappa shape index (κ1) is 14.1. The van der Waals surface area contributed by atoms with Gasteiger partial charge in [0.15, 0.2) is 11.5 Å². The van der Waals surface area contributed by atoms with Crippen molar-refractivity contribution >= 4 is 5.91 Å². The lowest BCUT2D eigenvalue weighted by atomic mass is 10.1. The highest BCUT2D eigenvalue weighted by Gasteiger charge is 2.02. The van der Waals surface area contributed by atoms with Gasteiger partial charge in [-0.2, -0.15) is 0 Å². The molecule has 4 nitrogen and oxygen atoms in total. The molecule has 0 bridgehead atoms. The van der Waals surface area contributed by atoms with E-state index in [4.69, 9.17) is 5.11 Å². The van der Waals surface area contributed by atoms with Gasteiger partial charge in [-0.25, -0.2) is 0 Å². The Kier molecular flexibility index (Phi) is 5.24. The van der Waals surface area contributed by atoms with Crippen LogP contribution in [0.1, 0.15) is 25.3 Å². The zero-order valence-electron chi connectivity index (χ0n) is 10.6. The number of amides is 1. The maximum atomic E-state index is 11.2. The van der Waals surface area contributed by atoms with Crippen LogP contribution in [0, 0.1) is 0 Å². The highest BCUT2D eigenvalue weighted by molar-refractivity contribution is 5.91. The third-order valence-corrected chi connectivity index (χ3v) is 2.61. The zero-order valence-corrected chi connectivity index (χ0v) is 10.6. The van der Waals surface area contributed by atoms with Crippen molar-refractivity contribution in [3.63, 3.8) is 0 Å². The first-order valence-corrected chi connectivity index (χ1v) is 5.95. The molecular formula is C14H19NO3.